The molecule has 3 aliphatic heterocycles. The normalized spacial score (nSPS) is 40.8. The molecule has 170 valence electrons. The molecule has 0 aromatic heterocycles. The number of alkyl halides is 1. The zero-order valence-electron chi connectivity index (χ0n) is 18.6. The van der Waals surface area contributed by atoms with Gasteiger partial charge in [0, 0.05) is 70.2 Å². The molecule has 4 fully saturated rings. The highest BCUT2D eigenvalue weighted by Crippen LogP contribution is 2.38. The summed E-state index contributed by atoms with van der Waals surface area (Å²) in [4.78, 5) is 31.3. The number of likely N-dealkylation sites (N-methyl/N-ethyl adjacent to an activating group) is 1. The molecular formula is C22H38FN5O2. The Bertz CT molecular complexity index is 623. The molecule has 4 rings (SSSR count). The van der Waals surface area contributed by atoms with Crippen molar-refractivity contribution in [2.45, 2.75) is 69.9 Å². The molecule has 1 saturated carbocycles. The van der Waals surface area contributed by atoms with E-state index in [-0.39, 0.29) is 35.9 Å². The predicted molar refractivity (Wildman–Crippen MR) is 114 cm³/mol. The SMILES string of the molecule is CC(=O)N1CCN(C2CC(NC(=O)C3CC4C(F)CCC(C)C4N3)CN(C)C2)CC1. The Balaban J connectivity index is 1.31. The van der Waals surface area contributed by atoms with E-state index in [1.807, 2.05) is 4.90 Å². The van der Waals surface area contributed by atoms with Crippen molar-refractivity contribution < 1.29 is 14.0 Å². The summed E-state index contributed by atoms with van der Waals surface area (Å²) in [6.07, 6.45) is 2.29. The Hall–Kier alpha value is -1.25. The minimum atomic E-state index is -0.782. The number of piperidine rings is 1. The van der Waals surface area contributed by atoms with Crippen LogP contribution in [0.2, 0.25) is 0 Å². The monoisotopic (exact) mass is 423 g/mol. The van der Waals surface area contributed by atoms with Gasteiger partial charge in [-0.1, -0.05) is 6.92 Å². The number of amides is 2. The van der Waals surface area contributed by atoms with Crippen LogP contribution in [0, 0.1) is 11.8 Å². The molecule has 2 N–H and O–H groups in total. The number of carbonyl (C=O) groups is 2. The van der Waals surface area contributed by atoms with Crippen LogP contribution in [0.15, 0.2) is 0 Å². The Morgan fingerprint density at radius 3 is 2.47 bits per heavy atom. The van der Waals surface area contributed by atoms with Gasteiger partial charge in [-0.15, -0.1) is 0 Å². The van der Waals surface area contributed by atoms with Crippen molar-refractivity contribution in [1.29, 1.82) is 0 Å². The third-order valence-corrected chi connectivity index (χ3v) is 7.89. The van der Waals surface area contributed by atoms with E-state index in [1.165, 1.54) is 0 Å². The van der Waals surface area contributed by atoms with E-state index in [1.54, 1.807) is 6.92 Å². The average molecular weight is 424 g/mol. The van der Waals surface area contributed by atoms with Crippen LogP contribution in [0.3, 0.4) is 0 Å². The van der Waals surface area contributed by atoms with E-state index in [4.69, 9.17) is 0 Å². The number of nitrogens with zero attached hydrogens (tertiary/aromatic N) is 3. The summed E-state index contributed by atoms with van der Waals surface area (Å²) in [6, 6.07) is 0.347. The molecule has 3 saturated heterocycles. The molecule has 0 aromatic carbocycles. The lowest BCUT2D eigenvalue weighted by molar-refractivity contribution is -0.131. The topological polar surface area (TPSA) is 67.9 Å². The van der Waals surface area contributed by atoms with Crippen LogP contribution in [-0.4, -0.2) is 103 Å². The molecule has 7 nitrogen and oxygen atoms in total. The molecule has 0 bridgehead atoms. The molecule has 4 aliphatic rings. The fourth-order valence-electron chi connectivity index (χ4n) is 6.16. The Labute approximate surface area is 179 Å². The van der Waals surface area contributed by atoms with Crippen molar-refractivity contribution in [3.05, 3.63) is 0 Å². The summed E-state index contributed by atoms with van der Waals surface area (Å²) < 4.78 is 14.4. The van der Waals surface area contributed by atoms with Crippen LogP contribution in [0.5, 0.6) is 0 Å². The molecule has 30 heavy (non-hydrogen) atoms. The number of nitrogens with one attached hydrogen (secondary N) is 2. The molecule has 0 aromatic rings. The zero-order chi connectivity index (χ0) is 21.4. The number of halogens is 1. The van der Waals surface area contributed by atoms with Gasteiger partial charge < -0.3 is 20.4 Å². The van der Waals surface area contributed by atoms with E-state index < -0.39 is 6.17 Å². The molecule has 2 amide bonds. The van der Waals surface area contributed by atoms with Crippen LogP contribution < -0.4 is 10.6 Å². The Morgan fingerprint density at radius 2 is 1.80 bits per heavy atom. The first-order valence-corrected chi connectivity index (χ1v) is 11.7. The minimum Gasteiger partial charge on any atom is -0.351 e. The summed E-state index contributed by atoms with van der Waals surface area (Å²) in [5.41, 5.74) is 0. The zero-order valence-corrected chi connectivity index (χ0v) is 18.6. The number of hydrogen-bond donors (Lipinski definition) is 2. The quantitative estimate of drug-likeness (QED) is 0.690. The van der Waals surface area contributed by atoms with Crippen LogP contribution in [0.1, 0.15) is 39.5 Å². The van der Waals surface area contributed by atoms with Gasteiger partial charge >= 0.3 is 0 Å². The highest BCUT2D eigenvalue weighted by Gasteiger charge is 2.46. The summed E-state index contributed by atoms with van der Waals surface area (Å²) in [5.74, 6) is 0.585. The fourth-order valence-corrected chi connectivity index (χ4v) is 6.16. The van der Waals surface area contributed by atoms with E-state index in [9.17, 15) is 14.0 Å². The molecule has 1 aliphatic carbocycles. The molecule has 3 heterocycles. The van der Waals surface area contributed by atoms with E-state index in [2.05, 4.69) is 34.4 Å². The highest BCUT2D eigenvalue weighted by atomic mass is 19.1. The average Bonchev–Trinajstić information content (AvgIpc) is 3.17. The van der Waals surface area contributed by atoms with Gasteiger partial charge in [0.25, 0.3) is 0 Å². The third-order valence-electron chi connectivity index (χ3n) is 7.89. The molecule has 0 radical (unpaired) electrons. The van der Waals surface area contributed by atoms with E-state index in [0.717, 1.165) is 52.1 Å². The summed E-state index contributed by atoms with van der Waals surface area (Å²) in [6.45, 7) is 8.98. The van der Waals surface area contributed by atoms with Crippen molar-refractivity contribution >= 4 is 11.8 Å². The fraction of sp³-hybridized carbons (Fsp3) is 0.909. The van der Waals surface area contributed by atoms with Crippen LogP contribution >= 0.6 is 0 Å². The number of likely N-dealkylation sites (tertiary alicyclic amines) is 1. The summed E-state index contributed by atoms with van der Waals surface area (Å²) in [7, 11) is 2.11. The second-order valence-electron chi connectivity index (χ2n) is 10.1. The van der Waals surface area contributed by atoms with Gasteiger partial charge in [0.15, 0.2) is 0 Å². The van der Waals surface area contributed by atoms with Gasteiger partial charge in [-0.3, -0.25) is 14.5 Å². The van der Waals surface area contributed by atoms with Gasteiger partial charge in [-0.05, 0) is 38.6 Å². The number of carbonyl (C=O) groups excluding carboxylic acids is 2. The lowest BCUT2D eigenvalue weighted by Crippen LogP contribution is -2.60. The van der Waals surface area contributed by atoms with Crippen LogP contribution in [-0.2, 0) is 9.59 Å². The summed E-state index contributed by atoms with van der Waals surface area (Å²) in [5, 5.41) is 6.72. The number of fused-ring (bicyclic) bond motifs is 1. The van der Waals surface area contributed by atoms with Gasteiger partial charge in [0.05, 0.1) is 6.04 Å². The lowest BCUT2D eigenvalue weighted by Gasteiger charge is -2.45. The minimum absolute atomic E-state index is 0.0242. The standard InChI is InChI=1S/C22H38FN5O2/c1-14-4-5-19(23)18-11-20(25-21(14)18)22(30)24-16-10-17(13-26(3)12-16)28-8-6-27(7-9-28)15(2)29/h14,16-21,25H,4-13H2,1-3H3,(H,24,30). The van der Waals surface area contributed by atoms with Crippen LogP contribution in [0.25, 0.3) is 0 Å². The largest absolute Gasteiger partial charge is 0.351 e. The first kappa shape index (κ1) is 22.0. The predicted octanol–water partition coefficient (Wildman–Crippen LogP) is 0.454. The Kier molecular flexibility index (Phi) is 6.65. The van der Waals surface area contributed by atoms with Crippen molar-refractivity contribution in [3.8, 4) is 0 Å². The maximum atomic E-state index is 14.4. The highest BCUT2D eigenvalue weighted by molar-refractivity contribution is 5.82. The molecular weight excluding hydrogens is 385 g/mol. The van der Waals surface area contributed by atoms with Crippen molar-refractivity contribution in [3.63, 3.8) is 0 Å². The molecule has 7 unspecified atom stereocenters. The van der Waals surface area contributed by atoms with Gasteiger partial charge in [-0.2, -0.15) is 0 Å². The van der Waals surface area contributed by atoms with E-state index in [0.29, 0.717) is 24.8 Å². The molecule has 0 spiro atoms. The summed E-state index contributed by atoms with van der Waals surface area (Å²) >= 11 is 0. The Morgan fingerprint density at radius 1 is 1.07 bits per heavy atom. The second kappa shape index (κ2) is 9.09. The van der Waals surface area contributed by atoms with Gasteiger partial charge in [0.1, 0.15) is 6.17 Å². The van der Waals surface area contributed by atoms with E-state index >= 15 is 0 Å². The van der Waals surface area contributed by atoms with Crippen molar-refractivity contribution in [1.82, 2.24) is 25.3 Å². The molecule has 7 atom stereocenters. The maximum absolute atomic E-state index is 14.4. The number of hydrogen-bond acceptors (Lipinski definition) is 5. The first-order valence-electron chi connectivity index (χ1n) is 11.7. The van der Waals surface area contributed by atoms with Crippen LogP contribution in [0.4, 0.5) is 4.39 Å². The number of rotatable bonds is 3. The maximum Gasteiger partial charge on any atom is 0.237 e. The first-order chi connectivity index (χ1) is 14.3. The molecule has 8 heteroatoms. The van der Waals surface area contributed by atoms with Crippen molar-refractivity contribution in [2.75, 3.05) is 46.3 Å². The van der Waals surface area contributed by atoms with Crippen molar-refractivity contribution in [2.24, 2.45) is 11.8 Å². The second-order valence-corrected chi connectivity index (χ2v) is 10.1. The smallest absolute Gasteiger partial charge is 0.237 e. The number of piperazine rings is 1. The van der Waals surface area contributed by atoms with Gasteiger partial charge in [-0.25, -0.2) is 4.39 Å². The lowest BCUT2D eigenvalue weighted by atomic mass is 9.77. The third kappa shape index (κ3) is 4.65. The van der Waals surface area contributed by atoms with Gasteiger partial charge in [0.2, 0.25) is 11.8 Å².